The van der Waals surface area contributed by atoms with Crippen molar-refractivity contribution in [2.75, 3.05) is 0 Å². The number of H-pyrrole nitrogens is 2. The van der Waals surface area contributed by atoms with Crippen LogP contribution >= 0.6 is 0 Å². The zero-order valence-electron chi connectivity index (χ0n) is 17.8. The lowest BCUT2D eigenvalue weighted by Crippen LogP contribution is -2.09. The minimum Gasteiger partial charge on any atom is -0.454 e. The molecule has 2 N–H and O–H groups in total. The highest BCUT2D eigenvalue weighted by atomic mass is 16.3. The van der Waals surface area contributed by atoms with Gasteiger partial charge in [0.2, 0.25) is 0 Å². The van der Waals surface area contributed by atoms with Crippen LogP contribution in [0.1, 0.15) is 25.5 Å². The van der Waals surface area contributed by atoms with Crippen molar-refractivity contribution in [2.45, 2.75) is 26.8 Å². The Morgan fingerprint density at radius 2 is 1.88 bits per heavy atom. The van der Waals surface area contributed by atoms with E-state index in [4.69, 9.17) is 9.40 Å². The Morgan fingerprint density at radius 3 is 2.69 bits per heavy atom. The van der Waals surface area contributed by atoms with E-state index in [1.54, 1.807) is 6.07 Å². The number of aryl methyl sites for hydroxylation is 1. The van der Waals surface area contributed by atoms with E-state index in [0.29, 0.717) is 27.8 Å². The van der Waals surface area contributed by atoms with Gasteiger partial charge < -0.3 is 14.5 Å². The topological polar surface area (TPSA) is 96.7 Å². The largest absolute Gasteiger partial charge is 0.454 e. The summed E-state index contributed by atoms with van der Waals surface area (Å²) in [5, 5.41) is 5.72. The maximum atomic E-state index is 13.2. The summed E-state index contributed by atoms with van der Waals surface area (Å²) in [6.07, 6.45) is 1.85. The van der Waals surface area contributed by atoms with Gasteiger partial charge >= 0.3 is 0 Å². The summed E-state index contributed by atoms with van der Waals surface area (Å²) in [5.74, 6) is 0. The van der Waals surface area contributed by atoms with Gasteiger partial charge in [0.05, 0.1) is 5.56 Å². The van der Waals surface area contributed by atoms with E-state index < -0.39 is 0 Å². The first-order valence-corrected chi connectivity index (χ1v) is 10.5. The SMILES string of the molecule is Cc1ccc2[nH]c(=O)c(-c3c4c[nH]n(C(C)C)c4nc4c3oc3cc(=O)ccc34)cc2c1. The number of aromatic amines is 2. The first-order valence-electron chi connectivity index (χ1n) is 10.5. The molecule has 0 aliphatic rings. The van der Waals surface area contributed by atoms with Crippen LogP contribution in [0.4, 0.5) is 0 Å². The van der Waals surface area contributed by atoms with Crippen LogP contribution in [0.25, 0.3) is 55.1 Å². The predicted molar refractivity (Wildman–Crippen MR) is 126 cm³/mol. The molecule has 7 heteroatoms. The molecule has 0 aliphatic heterocycles. The van der Waals surface area contributed by atoms with Crippen LogP contribution in [-0.4, -0.2) is 19.7 Å². The number of pyridine rings is 2. The molecule has 4 aromatic heterocycles. The Morgan fingerprint density at radius 1 is 1.03 bits per heavy atom. The number of furan rings is 1. The number of nitrogens with zero attached hydrogens (tertiary/aromatic N) is 2. The molecule has 0 bridgehead atoms. The summed E-state index contributed by atoms with van der Waals surface area (Å²) in [6.45, 7) is 6.14. The lowest BCUT2D eigenvalue weighted by molar-refractivity contribution is 0.547. The lowest BCUT2D eigenvalue weighted by Gasteiger charge is -2.10. The second-order valence-corrected chi connectivity index (χ2v) is 8.50. The van der Waals surface area contributed by atoms with Crippen LogP contribution in [0.5, 0.6) is 0 Å². The quantitative estimate of drug-likeness (QED) is 0.408. The van der Waals surface area contributed by atoms with Gasteiger partial charge in [-0.15, -0.1) is 0 Å². The Kier molecular flexibility index (Phi) is 3.74. The average molecular weight is 424 g/mol. The Bertz CT molecular complexity index is 1810. The molecule has 6 aromatic rings. The van der Waals surface area contributed by atoms with Gasteiger partial charge in [-0.25, -0.2) is 4.98 Å². The third-order valence-corrected chi connectivity index (χ3v) is 5.95. The molecule has 0 unspecified atom stereocenters. The fraction of sp³-hybridized carbons (Fsp3) is 0.160. The van der Waals surface area contributed by atoms with E-state index in [9.17, 15) is 9.59 Å². The minimum atomic E-state index is -0.211. The summed E-state index contributed by atoms with van der Waals surface area (Å²) in [6, 6.07) is 12.6. The zero-order valence-corrected chi connectivity index (χ0v) is 17.8. The zero-order chi connectivity index (χ0) is 22.1. The molecule has 6 rings (SSSR count). The van der Waals surface area contributed by atoms with E-state index in [1.807, 2.05) is 42.1 Å². The van der Waals surface area contributed by atoms with Gasteiger partial charge in [-0.1, -0.05) is 11.6 Å². The highest BCUT2D eigenvalue weighted by Crippen LogP contribution is 2.38. The second kappa shape index (κ2) is 6.43. The number of hydrogen-bond acceptors (Lipinski definition) is 4. The monoisotopic (exact) mass is 424 g/mol. The van der Waals surface area contributed by atoms with Gasteiger partial charge in [-0.2, -0.15) is 0 Å². The smallest absolute Gasteiger partial charge is 0.256 e. The molecule has 0 radical (unpaired) electrons. The first kappa shape index (κ1) is 18.6. The average Bonchev–Trinajstić information content (AvgIpc) is 3.33. The molecule has 0 saturated carbocycles. The van der Waals surface area contributed by atoms with Crippen LogP contribution in [0.2, 0.25) is 0 Å². The van der Waals surface area contributed by atoms with Gasteiger partial charge in [0.1, 0.15) is 11.1 Å². The molecule has 0 atom stereocenters. The van der Waals surface area contributed by atoms with Crippen molar-refractivity contribution in [1.82, 2.24) is 19.7 Å². The molecule has 7 nitrogen and oxygen atoms in total. The lowest BCUT2D eigenvalue weighted by atomic mass is 10.0. The summed E-state index contributed by atoms with van der Waals surface area (Å²) < 4.78 is 8.11. The van der Waals surface area contributed by atoms with Crippen molar-refractivity contribution in [2.24, 2.45) is 0 Å². The maximum Gasteiger partial charge on any atom is 0.256 e. The van der Waals surface area contributed by atoms with Crippen molar-refractivity contribution in [1.29, 1.82) is 0 Å². The van der Waals surface area contributed by atoms with E-state index in [1.165, 1.54) is 12.1 Å². The Balaban J connectivity index is 1.83. The Labute approximate surface area is 181 Å². The van der Waals surface area contributed by atoms with Crippen molar-refractivity contribution in [3.63, 3.8) is 0 Å². The summed E-state index contributed by atoms with van der Waals surface area (Å²) >= 11 is 0. The first-order chi connectivity index (χ1) is 15.4. The van der Waals surface area contributed by atoms with Crippen molar-refractivity contribution in [3.05, 3.63) is 74.8 Å². The van der Waals surface area contributed by atoms with Gasteiger partial charge in [0, 0.05) is 40.2 Å². The van der Waals surface area contributed by atoms with E-state index in [0.717, 1.165) is 32.9 Å². The van der Waals surface area contributed by atoms with Crippen molar-refractivity contribution >= 4 is 44.0 Å². The number of hydrogen-bond donors (Lipinski definition) is 2. The van der Waals surface area contributed by atoms with Crippen molar-refractivity contribution in [3.8, 4) is 11.1 Å². The van der Waals surface area contributed by atoms with E-state index in [-0.39, 0.29) is 17.0 Å². The molecule has 0 saturated heterocycles. The fourth-order valence-electron chi connectivity index (χ4n) is 4.43. The van der Waals surface area contributed by atoms with Crippen LogP contribution in [0, 0.1) is 6.92 Å². The molecule has 2 aromatic carbocycles. The molecule has 0 spiro atoms. The molecule has 4 heterocycles. The molecule has 0 fully saturated rings. The van der Waals surface area contributed by atoms with E-state index in [2.05, 4.69) is 23.9 Å². The Hall–Kier alpha value is -4.13. The van der Waals surface area contributed by atoms with Crippen LogP contribution in [-0.2, 0) is 0 Å². The number of aromatic nitrogens is 4. The third-order valence-electron chi connectivity index (χ3n) is 5.95. The molecule has 158 valence electrons. The second-order valence-electron chi connectivity index (χ2n) is 8.50. The molecular weight excluding hydrogens is 404 g/mol. The number of rotatable bonds is 2. The fourth-order valence-corrected chi connectivity index (χ4v) is 4.43. The van der Waals surface area contributed by atoms with Crippen LogP contribution in [0.3, 0.4) is 0 Å². The summed E-state index contributed by atoms with van der Waals surface area (Å²) in [7, 11) is 0. The standard InChI is InChI=1S/C25H20N4O3/c1-12(2)29-24-18(11-26-29)21(17-9-14-8-13(3)4-7-19(14)27-25(17)31)23-22(28-24)16-6-5-15(30)10-20(16)32-23/h4-12,26H,1-3H3,(H,27,31). The number of benzene rings is 2. The maximum absolute atomic E-state index is 13.2. The van der Waals surface area contributed by atoms with Crippen molar-refractivity contribution < 1.29 is 4.42 Å². The summed E-state index contributed by atoms with van der Waals surface area (Å²) in [4.78, 5) is 33.1. The third kappa shape index (κ3) is 2.57. The minimum absolute atomic E-state index is 0.134. The highest BCUT2D eigenvalue weighted by Gasteiger charge is 2.22. The van der Waals surface area contributed by atoms with Gasteiger partial charge in [-0.3, -0.25) is 14.3 Å². The highest BCUT2D eigenvalue weighted by molar-refractivity contribution is 6.14. The number of nitrogens with one attached hydrogen (secondary N) is 2. The normalized spacial score (nSPS) is 12.1. The molecule has 0 amide bonds. The molecule has 0 aliphatic carbocycles. The van der Waals surface area contributed by atoms with Gasteiger partial charge in [0.15, 0.2) is 16.7 Å². The predicted octanol–water partition coefficient (Wildman–Crippen LogP) is 5.02. The van der Waals surface area contributed by atoms with Crippen LogP contribution < -0.4 is 11.0 Å². The molecular formula is C25H20N4O3. The molecule has 32 heavy (non-hydrogen) atoms. The van der Waals surface area contributed by atoms with E-state index >= 15 is 0 Å². The summed E-state index contributed by atoms with van der Waals surface area (Å²) in [5.41, 5.74) is 4.99. The van der Waals surface area contributed by atoms with Crippen LogP contribution in [0.15, 0.2) is 62.7 Å². The van der Waals surface area contributed by atoms with Gasteiger partial charge in [0.25, 0.3) is 5.56 Å². The van der Waals surface area contributed by atoms with Gasteiger partial charge in [-0.05, 0) is 56.5 Å². The number of fused-ring (bicyclic) bond motifs is 5.